The SMILES string of the molecule is CC(c1ccccc1)N1CCC(NC(=O)NCCc2c[nH]c3cc(F)ccc23)CC1. The quantitative estimate of drug-likeness (QED) is 0.567. The molecule has 3 aromatic rings. The van der Waals surface area contributed by atoms with Gasteiger partial charge in [-0.3, -0.25) is 4.90 Å². The largest absolute Gasteiger partial charge is 0.361 e. The van der Waals surface area contributed by atoms with E-state index in [1.165, 1.54) is 17.7 Å². The number of aromatic nitrogens is 1. The summed E-state index contributed by atoms with van der Waals surface area (Å²) in [6.07, 6.45) is 4.50. The molecule has 1 atom stereocenters. The first kappa shape index (κ1) is 20.4. The molecular weight excluding hydrogens is 379 g/mol. The molecule has 158 valence electrons. The van der Waals surface area contributed by atoms with Crippen molar-refractivity contribution in [2.75, 3.05) is 19.6 Å². The molecule has 0 radical (unpaired) electrons. The molecule has 1 unspecified atom stereocenters. The van der Waals surface area contributed by atoms with Crippen molar-refractivity contribution in [1.82, 2.24) is 20.5 Å². The van der Waals surface area contributed by atoms with Crippen LogP contribution in [0.1, 0.15) is 36.9 Å². The first-order valence-electron chi connectivity index (χ1n) is 10.7. The fourth-order valence-electron chi connectivity index (χ4n) is 4.29. The molecular formula is C24H29FN4O. The maximum atomic E-state index is 13.3. The van der Waals surface area contributed by atoms with Crippen LogP contribution in [0.3, 0.4) is 0 Å². The van der Waals surface area contributed by atoms with Crippen LogP contribution in [0.15, 0.2) is 54.7 Å². The summed E-state index contributed by atoms with van der Waals surface area (Å²) >= 11 is 0. The number of carbonyl (C=O) groups is 1. The second kappa shape index (κ2) is 9.30. The van der Waals surface area contributed by atoms with Crippen LogP contribution in [0.4, 0.5) is 9.18 Å². The number of piperidine rings is 1. The molecule has 2 amide bonds. The number of urea groups is 1. The Hall–Kier alpha value is -2.86. The van der Waals surface area contributed by atoms with Crippen molar-refractivity contribution < 1.29 is 9.18 Å². The number of nitrogens with zero attached hydrogens (tertiary/aromatic N) is 1. The van der Waals surface area contributed by atoms with E-state index in [0.29, 0.717) is 19.0 Å². The second-order valence-electron chi connectivity index (χ2n) is 8.05. The number of fused-ring (bicyclic) bond motifs is 1. The lowest BCUT2D eigenvalue weighted by molar-refractivity contribution is 0.153. The summed E-state index contributed by atoms with van der Waals surface area (Å²) in [6.45, 7) is 4.74. The Morgan fingerprint density at radius 1 is 1.20 bits per heavy atom. The third-order valence-electron chi connectivity index (χ3n) is 6.10. The Labute approximate surface area is 176 Å². The first-order chi connectivity index (χ1) is 14.6. The zero-order chi connectivity index (χ0) is 20.9. The van der Waals surface area contributed by atoms with Crippen molar-refractivity contribution in [2.24, 2.45) is 0 Å². The van der Waals surface area contributed by atoms with E-state index in [1.807, 2.05) is 12.3 Å². The van der Waals surface area contributed by atoms with E-state index < -0.39 is 0 Å². The van der Waals surface area contributed by atoms with Crippen molar-refractivity contribution in [3.63, 3.8) is 0 Å². The van der Waals surface area contributed by atoms with Crippen molar-refractivity contribution in [3.8, 4) is 0 Å². The number of rotatable bonds is 6. The van der Waals surface area contributed by atoms with Gasteiger partial charge in [0.05, 0.1) is 0 Å². The van der Waals surface area contributed by atoms with Crippen LogP contribution in [0.5, 0.6) is 0 Å². The first-order valence-corrected chi connectivity index (χ1v) is 10.7. The van der Waals surface area contributed by atoms with Crippen molar-refractivity contribution in [2.45, 2.75) is 38.3 Å². The molecule has 1 saturated heterocycles. The number of amides is 2. The van der Waals surface area contributed by atoms with Gasteiger partial charge in [-0.15, -0.1) is 0 Å². The molecule has 1 aromatic heterocycles. The van der Waals surface area contributed by atoms with E-state index in [0.717, 1.165) is 42.4 Å². The highest BCUT2D eigenvalue weighted by Gasteiger charge is 2.24. The minimum Gasteiger partial charge on any atom is -0.361 e. The third-order valence-corrected chi connectivity index (χ3v) is 6.10. The zero-order valence-corrected chi connectivity index (χ0v) is 17.3. The Morgan fingerprint density at radius 2 is 1.97 bits per heavy atom. The average molecular weight is 409 g/mol. The van der Waals surface area contributed by atoms with E-state index in [9.17, 15) is 9.18 Å². The maximum absolute atomic E-state index is 13.3. The normalized spacial score (nSPS) is 16.5. The van der Waals surface area contributed by atoms with Crippen LogP contribution >= 0.6 is 0 Å². The Kier molecular flexibility index (Phi) is 6.33. The average Bonchev–Trinajstić information content (AvgIpc) is 3.16. The fraction of sp³-hybridized carbons (Fsp3) is 0.375. The summed E-state index contributed by atoms with van der Waals surface area (Å²) in [5.41, 5.74) is 3.20. The molecule has 2 heterocycles. The topological polar surface area (TPSA) is 60.2 Å². The molecule has 3 N–H and O–H groups in total. The molecule has 0 bridgehead atoms. The van der Waals surface area contributed by atoms with Crippen LogP contribution in [0.25, 0.3) is 10.9 Å². The lowest BCUT2D eigenvalue weighted by Gasteiger charge is -2.36. The zero-order valence-electron chi connectivity index (χ0n) is 17.3. The molecule has 6 heteroatoms. The predicted octanol–water partition coefficient (Wildman–Crippen LogP) is 4.37. The Balaban J connectivity index is 1.20. The summed E-state index contributed by atoms with van der Waals surface area (Å²) in [6, 6.07) is 15.8. The Morgan fingerprint density at radius 3 is 2.73 bits per heavy atom. The van der Waals surface area contributed by atoms with E-state index in [4.69, 9.17) is 0 Å². The number of hydrogen-bond acceptors (Lipinski definition) is 2. The number of halogens is 1. The Bertz CT molecular complexity index is 979. The van der Waals surface area contributed by atoms with E-state index in [-0.39, 0.29) is 17.9 Å². The van der Waals surface area contributed by atoms with E-state index >= 15 is 0 Å². The minimum absolute atomic E-state index is 0.115. The number of hydrogen-bond donors (Lipinski definition) is 3. The molecule has 1 aliphatic rings. The van der Waals surface area contributed by atoms with E-state index in [1.54, 1.807) is 6.07 Å². The van der Waals surface area contributed by atoms with Crippen LogP contribution in [-0.4, -0.2) is 41.6 Å². The molecule has 2 aromatic carbocycles. The standard InChI is InChI=1S/C24H29FN4O/c1-17(18-5-3-2-4-6-18)29-13-10-21(11-14-29)28-24(30)26-12-9-19-16-27-23-15-20(25)7-8-22(19)23/h2-8,15-17,21,27H,9-14H2,1H3,(H2,26,28,30). The summed E-state index contributed by atoms with van der Waals surface area (Å²) < 4.78 is 13.3. The molecule has 1 fully saturated rings. The molecule has 5 nitrogen and oxygen atoms in total. The third kappa shape index (κ3) is 4.82. The molecule has 0 saturated carbocycles. The molecule has 1 aliphatic heterocycles. The number of benzene rings is 2. The molecule has 4 rings (SSSR count). The predicted molar refractivity (Wildman–Crippen MR) is 118 cm³/mol. The summed E-state index contributed by atoms with van der Waals surface area (Å²) in [5, 5.41) is 7.06. The van der Waals surface area contributed by atoms with Gasteiger partial charge in [0.1, 0.15) is 5.82 Å². The monoisotopic (exact) mass is 408 g/mol. The molecule has 0 aliphatic carbocycles. The highest BCUT2D eigenvalue weighted by Crippen LogP contribution is 2.24. The van der Waals surface area contributed by atoms with Crippen LogP contribution in [0, 0.1) is 5.82 Å². The van der Waals surface area contributed by atoms with Crippen LogP contribution in [0.2, 0.25) is 0 Å². The number of likely N-dealkylation sites (tertiary alicyclic amines) is 1. The van der Waals surface area contributed by atoms with Gasteiger partial charge in [-0.05, 0) is 55.5 Å². The summed E-state index contributed by atoms with van der Waals surface area (Å²) in [7, 11) is 0. The van der Waals surface area contributed by atoms with Crippen LogP contribution in [-0.2, 0) is 6.42 Å². The lowest BCUT2D eigenvalue weighted by atomic mass is 10.0. The number of H-pyrrole nitrogens is 1. The maximum Gasteiger partial charge on any atom is 0.315 e. The molecule has 30 heavy (non-hydrogen) atoms. The van der Waals surface area contributed by atoms with Gasteiger partial charge in [0.25, 0.3) is 0 Å². The molecule has 0 spiro atoms. The van der Waals surface area contributed by atoms with Gasteiger partial charge in [-0.25, -0.2) is 9.18 Å². The van der Waals surface area contributed by atoms with Crippen molar-refractivity contribution in [1.29, 1.82) is 0 Å². The minimum atomic E-state index is -0.252. The van der Waals surface area contributed by atoms with Crippen molar-refractivity contribution in [3.05, 3.63) is 71.7 Å². The van der Waals surface area contributed by atoms with E-state index in [2.05, 4.69) is 51.7 Å². The lowest BCUT2D eigenvalue weighted by Crippen LogP contribution is -2.48. The van der Waals surface area contributed by atoms with Gasteiger partial charge in [-0.2, -0.15) is 0 Å². The number of nitrogens with one attached hydrogen (secondary N) is 3. The van der Waals surface area contributed by atoms with Gasteiger partial charge in [0.15, 0.2) is 0 Å². The van der Waals surface area contributed by atoms with Gasteiger partial charge in [-0.1, -0.05) is 30.3 Å². The second-order valence-corrected chi connectivity index (χ2v) is 8.05. The van der Waals surface area contributed by atoms with Gasteiger partial charge in [0.2, 0.25) is 0 Å². The van der Waals surface area contributed by atoms with Crippen molar-refractivity contribution >= 4 is 16.9 Å². The number of aromatic amines is 1. The van der Waals surface area contributed by atoms with Crippen LogP contribution < -0.4 is 10.6 Å². The smallest absolute Gasteiger partial charge is 0.315 e. The highest BCUT2D eigenvalue weighted by molar-refractivity contribution is 5.83. The summed E-state index contributed by atoms with van der Waals surface area (Å²) in [4.78, 5) is 17.9. The number of carbonyl (C=O) groups excluding carboxylic acids is 1. The van der Waals surface area contributed by atoms with Gasteiger partial charge >= 0.3 is 6.03 Å². The van der Waals surface area contributed by atoms with Gasteiger partial charge < -0.3 is 15.6 Å². The summed E-state index contributed by atoms with van der Waals surface area (Å²) in [5.74, 6) is -0.252. The highest BCUT2D eigenvalue weighted by atomic mass is 19.1. The van der Waals surface area contributed by atoms with Gasteiger partial charge in [0, 0.05) is 48.8 Å². The fourth-order valence-corrected chi connectivity index (χ4v) is 4.29.